The number of anilines is 1. The number of rotatable bonds is 3. The highest BCUT2D eigenvalue weighted by Crippen LogP contribution is 2.27. The molecule has 1 aliphatic heterocycles. The van der Waals surface area contributed by atoms with E-state index in [9.17, 15) is 9.59 Å². The van der Waals surface area contributed by atoms with Gasteiger partial charge in [0.2, 0.25) is 5.91 Å². The molecule has 0 radical (unpaired) electrons. The maximum absolute atomic E-state index is 12.6. The van der Waals surface area contributed by atoms with Gasteiger partial charge in [-0.05, 0) is 36.1 Å². The molecule has 0 saturated carbocycles. The number of carbonyl (C=O) groups excluding carboxylic acids is 2. The number of nitrogens with zero attached hydrogens (tertiary/aromatic N) is 1. The maximum atomic E-state index is 12.6. The lowest BCUT2D eigenvalue weighted by atomic mass is 10.1. The number of carbonyl (C=O) groups is 2. The summed E-state index contributed by atoms with van der Waals surface area (Å²) in [6.45, 7) is 2.01. The molecule has 108 valence electrons. The van der Waals surface area contributed by atoms with Crippen molar-refractivity contribution in [2.75, 3.05) is 12.4 Å². The van der Waals surface area contributed by atoms with E-state index in [1.165, 1.54) is 0 Å². The zero-order chi connectivity index (χ0) is 15.0. The predicted molar refractivity (Wildman–Crippen MR) is 83.6 cm³/mol. The largest absolute Gasteiger partial charge is 0.334 e. The second-order valence-corrected chi connectivity index (χ2v) is 6.18. The molecule has 0 bridgehead atoms. The molecule has 1 N–H and O–H groups in total. The number of thiophene rings is 1. The van der Waals surface area contributed by atoms with Crippen molar-refractivity contribution in [3.8, 4) is 0 Å². The first-order chi connectivity index (χ1) is 10.1. The second kappa shape index (κ2) is 5.33. The van der Waals surface area contributed by atoms with Crippen LogP contribution in [-0.2, 0) is 11.2 Å². The van der Waals surface area contributed by atoms with Gasteiger partial charge in [0.15, 0.2) is 0 Å². The summed E-state index contributed by atoms with van der Waals surface area (Å²) in [6, 6.07) is 9.45. The van der Waals surface area contributed by atoms with E-state index >= 15 is 0 Å². The van der Waals surface area contributed by atoms with Crippen LogP contribution in [0.25, 0.3) is 0 Å². The third-order valence-corrected chi connectivity index (χ3v) is 4.88. The highest BCUT2D eigenvalue weighted by molar-refractivity contribution is 7.10. The summed E-state index contributed by atoms with van der Waals surface area (Å²) in [7, 11) is 1.80. The third kappa shape index (κ3) is 2.56. The van der Waals surface area contributed by atoms with E-state index < -0.39 is 0 Å². The van der Waals surface area contributed by atoms with Crippen molar-refractivity contribution in [1.82, 2.24) is 4.90 Å². The summed E-state index contributed by atoms with van der Waals surface area (Å²) in [5.41, 5.74) is 2.30. The van der Waals surface area contributed by atoms with Crippen LogP contribution in [0.3, 0.4) is 0 Å². The van der Waals surface area contributed by atoms with Crippen LogP contribution in [0.2, 0.25) is 0 Å². The smallest absolute Gasteiger partial charge is 0.254 e. The Hall–Kier alpha value is -2.14. The molecule has 3 rings (SSSR count). The fourth-order valence-corrected chi connectivity index (χ4v) is 3.27. The van der Waals surface area contributed by atoms with Crippen molar-refractivity contribution >= 4 is 28.8 Å². The van der Waals surface area contributed by atoms with Gasteiger partial charge in [-0.1, -0.05) is 12.1 Å². The summed E-state index contributed by atoms with van der Waals surface area (Å²) in [5.74, 6) is -0.0604. The minimum Gasteiger partial charge on any atom is -0.334 e. The Labute approximate surface area is 127 Å². The summed E-state index contributed by atoms with van der Waals surface area (Å²) in [5, 5.41) is 4.79. The molecule has 2 aromatic rings. The van der Waals surface area contributed by atoms with Crippen molar-refractivity contribution in [2.45, 2.75) is 19.4 Å². The maximum Gasteiger partial charge on any atom is 0.254 e. The lowest BCUT2D eigenvalue weighted by Gasteiger charge is -2.24. The van der Waals surface area contributed by atoms with Gasteiger partial charge in [0, 0.05) is 23.2 Å². The van der Waals surface area contributed by atoms with E-state index in [1.54, 1.807) is 35.4 Å². The quantitative estimate of drug-likeness (QED) is 0.947. The fourth-order valence-electron chi connectivity index (χ4n) is 2.45. The monoisotopic (exact) mass is 300 g/mol. The number of nitrogens with one attached hydrogen (secondary N) is 1. The van der Waals surface area contributed by atoms with E-state index in [2.05, 4.69) is 5.32 Å². The summed E-state index contributed by atoms with van der Waals surface area (Å²) >= 11 is 1.64. The Bertz CT molecular complexity index is 694. The number of amides is 2. The Morgan fingerprint density at radius 3 is 2.90 bits per heavy atom. The van der Waals surface area contributed by atoms with Crippen LogP contribution in [0.15, 0.2) is 35.7 Å². The first-order valence-corrected chi connectivity index (χ1v) is 7.67. The van der Waals surface area contributed by atoms with Crippen molar-refractivity contribution in [3.05, 3.63) is 51.7 Å². The van der Waals surface area contributed by atoms with Crippen molar-refractivity contribution in [3.63, 3.8) is 0 Å². The molecule has 0 spiro atoms. The lowest BCUT2D eigenvalue weighted by Crippen LogP contribution is -2.29. The van der Waals surface area contributed by atoms with E-state index in [4.69, 9.17) is 0 Å². The minimum atomic E-state index is -0.0418. The van der Waals surface area contributed by atoms with Gasteiger partial charge in [0.25, 0.3) is 5.91 Å². The van der Waals surface area contributed by atoms with E-state index in [-0.39, 0.29) is 17.9 Å². The van der Waals surface area contributed by atoms with E-state index in [1.807, 2.05) is 30.5 Å². The molecule has 1 aromatic carbocycles. The van der Waals surface area contributed by atoms with Crippen molar-refractivity contribution in [1.29, 1.82) is 0 Å². The van der Waals surface area contributed by atoms with Gasteiger partial charge >= 0.3 is 0 Å². The topological polar surface area (TPSA) is 49.4 Å². The minimum absolute atomic E-state index is 0.0186. The van der Waals surface area contributed by atoms with Crippen molar-refractivity contribution < 1.29 is 9.59 Å². The van der Waals surface area contributed by atoms with Gasteiger partial charge in [-0.15, -0.1) is 11.3 Å². The Morgan fingerprint density at radius 1 is 1.38 bits per heavy atom. The summed E-state index contributed by atoms with van der Waals surface area (Å²) < 4.78 is 0. The van der Waals surface area contributed by atoms with Crippen LogP contribution in [0.4, 0.5) is 5.69 Å². The molecule has 21 heavy (non-hydrogen) atoms. The van der Waals surface area contributed by atoms with Gasteiger partial charge < -0.3 is 10.2 Å². The average molecular weight is 300 g/mol. The Morgan fingerprint density at radius 2 is 2.19 bits per heavy atom. The van der Waals surface area contributed by atoms with Crippen LogP contribution < -0.4 is 5.32 Å². The van der Waals surface area contributed by atoms with Gasteiger partial charge in [-0.25, -0.2) is 0 Å². The van der Waals surface area contributed by atoms with Gasteiger partial charge in [-0.2, -0.15) is 0 Å². The number of fused-ring (bicyclic) bond motifs is 1. The molecular weight excluding hydrogens is 284 g/mol. The molecule has 0 fully saturated rings. The van der Waals surface area contributed by atoms with Gasteiger partial charge in [0.05, 0.1) is 12.5 Å². The third-order valence-electron chi connectivity index (χ3n) is 3.84. The van der Waals surface area contributed by atoms with Crippen LogP contribution in [0.5, 0.6) is 0 Å². The van der Waals surface area contributed by atoms with Crippen LogP contribution >= 0.6 is 11.3 Å². The Kier molecular flexibility index (Phi) is 3.51. The average Bonchev–Trinajstić information content (AvgIpc) is 3.12. The van der Waals surface area contributed by atoms with Crippen LogP contribution in [0, 0.1) is 0 Å². The molecule has 2 amide bonds. The highest BCUT2D eigenvalue weighted by Gasteiger charge is 2.23. The van der Waals surface area contributed by atoms with Crippen LogP contribution in [-0.4, -0.2) is 23.8 Å². The SMILES string of the molecule is CC(c1cccs1)N(C)C(=O)c1ccc2c(c1)NC(=O)C2. The summed E-state index contributed by atoms with van der Waals surface area (Å²) in [6.07, 6.45) is 0.394. The summed E-state index contributed by atoms with van der Waals surface area (Å²) in [4.78, 5) is 26.8. The molecule has 0 aliphatic carbocycles. The number of hydrogen-bond donors (Lipinski definition) is 1. The molecular formula is C16H16N2O2S. The highest BCUT2D eigenvalue weighted by atomic mass is 32.1. The molecule has 4 nitrogen and oxygen atoms in total. The number of hydrogen-bond acceptors (Lipinski definition) is 3. The number of benzene rings is 1. The first kappa shape index (κ1) is 13.8. The fraction of sp³-hybridized carbons (Fsp3) is 0.250. The molecule has 2 heterocycles. The van der Waals surface area contributed by atoms with Gasteiger partial charge in [0.1, 0.15) is 0 Å². The standard InChI is InChI=1S/C16H16N2O2S/c1-10(14-4-3-7-21-14)18(2)16(20)12-6-5-11-9-15(19)17-13(11)8-12/h3-8,10H,9H2,1-2H3,(H,17,19). The molecule has 1 atom stereocenters. The second-order valence-electron chi connectivity index (χ2n) is 5.20. The first-order valence-electron chi connectivity index (χ1n) is 6.79. The molecule has 1 unspecified atom stereocenters. The normalized spacial score (nSPS) is 14.5. The molecule has 5 heteroatoms. The molecule has 1 aromatic heterocycles. The zero-order valence-corrected chi connectivity index (χ0v) is 12.7. The van der Waals surface area contributed by atoms with Crippen LogP contribution in [0.1, 0.15) is 33.8 Å². The predicted octanol–water partition coefficient (Wildman–Crippen LogP) is 3.08. The molecule has 1 aliphatic rings. The zero-order valence-electron chi connectivity index (χ0n) is 11.9. The molecule has 0 saturated heterocycles. The lowest BCUT2D eigenvalue weighted by molar-refractivity contribution is -0.115. The van der Waals surface area contributed by atoms with E-state index in [0.29, 0.717) is 12.0 Å². The Balaban J connectivity index is 1.82. The van der Waals surface area contributed by atoms with E-state index in [0.717, 1.165) is 16.1 Å². The van der Waals surface area contributed by atoms with Gasteiger partial charge in [-0.3, -0.25) is 9.59 Å². The van der Waals surface area contributed by atoms with Crippen molar-refractivity contribution in [2.24, 2.45) is 0 Å².